The molecule has 1 aromatic rings. The lowest BCUT2D eigenvalue weighted by Crippen LogP contribution is -2.23. The van der Waals surface area contributed by atoms with E-state index in [2.05, 4.69) is 21.2 Å². The predicted octanol–water partition coefficient (Wildman–Crippen LogP) is 4.28. The monoisotopic (exact) mass is 343 g/mol. The molecule has 0 saturated heterocycles. The van der Waals surface area contributed by atoms with E-state index in [1.165, 1.54) is 19.1 Å². The van der Waals surface area contributed by atoms with Crippen LogP contribution in [0.25, 0.3) is 0 Å². The molecule has 0 heterocycles. The highest BCUT2D eigenvalue weighted by atomic mass is 79.9. The van der Waals surface area contributed by atoms with Crippen molar-refractivity contribution in [3.05, 3.63) is 28.2 Å². The second-order valence-corrected chi connectivity index (χ2v) is 4.96. The Hall–Kier alpha value is -0.750. The molecule has 1 rings (SSSR count). The third-order valence-electron chi connectivity index (χ3n) is 2.22. The Labute approximate surface area is 116 Å². The van der Waals surface area contributed by atoms with Gasteiger partial charge in [-0.2, -0.15) is 13.2 Å². The number of amides is 1. The molecular weight excluding hydrogens is 334 g/mol. The maximum atomic E-state index is 12.8. The Morgan fingerprint density at radius 2 is 2.11 bits per heavy atom. The lowest BCUT2D eigenvalue weighted by atomic mass is 10.1. The maximum Gasteiger partial charge on any atom is 0.418 e. The number of hydrogen-bond donors (Lipinski definition) is 1. The van der Waals surface area contributed by atoms with Crippen LogP contribution in [0.1, 0.15) is 12.5 Å². The molecule has 0 aliphatic carbocycles. The highest BCUT2D eigenvalue weighted by Gasteiger charge is 2.34. The zero-order chi connectivity index (χ0) is 13.9. The Morgan fingerprint density at radius 1 is 1.50 bits per heavy atom. The summed E-state index contributed by atoms with van der Waals surface area (Å²) in [5, 5.41) is 2.23. The fraction of sp³-hybridized carbons (Fsp3) is 0.364. The Kier molecular flexibility index (Phi) is 5.04. The summed E-state index contributed by atoms with van der Waals surface area (Å²) in [6.45, 7) is 1.54. The van der Waals surface area contributed by atoms with Crippen molar-refractivity contribution in [2.24, 2.45) is 5.92 Å². The van der Waals surface area contributed by atoms with E-state index in [4.69, 9.17) is 11.6 Å². The third kappa shape index (κ3) is 3.88. The van der Waals surface area contributed by atoms with Crippen LogP contribution in [0.2, 0.25) is 0 Å². The number of carbonyl (C=O) groups excluding carboxylic acids is 1. The average molecular weight is 345 g/mol. The van der Waals surface area contributed by atoms with Crippen LogP contribution in [-0.2, 0) is 11.0 Å². The number of alkyl halides is 4. The minimum absolute atomic E-state index is 0.0453. The fourth-order valence-corrected chi connectivity index (χ4v) is 1.69. The van der Waals surface area contributed by atoms with Crippen molar-refractivity contribution in [1.82, 2.24) is 0 Å². The van der Waals surface area contributed by atoms with Crippen molar-refractivity contribution in [3.63, 3.8) is 0 Å². The van der Waals surface area contributed by atoms with Crippen LogP contribution in [0, 0.1) is 5.92 Å². The van der Waals surface area contributed by atoms with E-state index in [1.54, 1.807) is 0 Å². The summed E-state index contributed by atoms with van der Waals surface area (Å²) in [7, 11) is 0. The molecule has 0 aliphatic heterocycles. The molecule has 0 bridgehead atoms. The SMILES string of the molecule is CC(CCl)C(=O)Nc1ccc(Br)cc1C(F)(F)F. The molecule has 0 spiro atoms. The summed E-state index contributed by atoms with van der Waals surface area (Å²) in [4.78, 5) is 11.5. The molecule has 1 unspecified atom stereocenters. The molecule has 1 atom stereocenters. The quantitative estimate of drug-likeness (QED) is 0.815. The zero-order valence-electron chi connectivity index (χ0n) is 9.31. The van der Waals surface area contributed by atoms with Crippen molar-refractivity contribution >= 4 is 39.1 Å². The van der Waals surface area contributed by atoms with E-state index in [0.29, 0.717) is 4.47 Å². The fourth-order valence-electron chi connectivity index (χ4n) is 1.19. The summed E-state index contributed by atoms with van der Waals surface area (Å²) >= 11 is 8.44. The zero-order valence-corrected chi connectivity index (χ0v) is 11.7. The van der Waals surface area contributed by atoms with Crippen molar-refractivity contribution in [1.29, 1.82) is 0 Å². The average Bonchev–Trinajstić information content (AvgIpc) is 2.28. The number of benzene rings is 1. The second kappa shape index (κ2) is 5.93. The Morgan fingerprint density at radius 3 is 2.61 bits per heavy atom. The first-order chi connectivity index (χ1) is 8.25. The van der Waals surface area contributed by atoms with E-state index in [-0.39, 0.29) is 11.6 Å². The molecule has 1 N–H and O–H groups in total. The number of anilines is 1. The van der Waals surface area contributed by atoms with Gasteiger partial charge < -0.3 is 5.32 Å². The summed E-state index contributed by atoms with van der Waals surface area (Å²) in [5.74, 6) is -1.06. The van der Waals surface area contributed by atoms with Crippen LogP contribution in [0.3, 0.4) is 0 Å². The van der Waals surface area contributed by atoms with Gasteiger partial charge >= 0.3 is 6.18 Å². The molecule has 0 fully saturated rings. The van der Waals surface area contributed by atoms with Gasteiger partial charge in [0.05, 0.1) is 11.3 Å². The maximum absolute atomic E-state index is 12.8. The lowest BCUT2D eigenvalue weighted by Gasteiger charge is -2.15. The summed E-state index contributed by atoms with van der Waals surface area (Å²) < 4.78 is 38.6. The first-order valence-electron chi connectivity index (χ1n) is 4.99. The molecule has 7 heteroatoms. The highest BCUT2D eigenvalue weighted by molar-refractivity contribution is 9.10. The number of hydrogen-bond acceptors (Lipinski definition) is 1. The van der Waals surface area contributed by atoms with Crippen LogP contribution >= 0.6 is 27.5 Å². The van der Waals surface area contributed by atoms with Gasteiger partial charge in [0.1, 0.15) is 0 Å². The van der Waals surface area contributed by atoms with Gasteiger partial charge in [-0.1, -0.05) is 22.9 Å². The highest BCUT2D eigenvalue weighted by Crippen LogP contribution is 2.36. The molecule has 0 aromatic heterocycles. The smallest absolute Gasteiger partial charge is 0.325 e. The first kappa shape index (κ1) is 15.3. The molecule has 0 aliphatic rings. The standard InChI is InChI=1S/C11H10BrClF3NO/c1-6(5-13)10(18)17-9-3-2-7(12)4-8(9)11(14,15)16/h2-4,6H,5H2,1H3,(H,17,18). The molecule has 2 nitrogen and oxygen atoms in total. The molecule has 1 amide bonds. The largest absolute Gasteiger partial charge is 0.418 e. The van der Waals surface area contributed by atoms with Gasteiger partial charge in [0.15, 0.2) is 0 Å². The summed E-state index contributed by atoms with van der Waals surface area (Å²) in [5.41, 5.74) is -1.17. The van der Waals surface area contributed by atoms with Crippen LogP contribution in [0.5, 0.6) is 0 Å². The summed E-state index contributed by atoms with van der Waals surface area (Å²) in [6.07, 6.45) is -4.53. The van der Waals surface area contributed by atoms with Gasteiger partial charge in [0.25, 0.3) is 0 Å². The van der Waals surface area contributed by atoms with Crippen molar-refractivity contribution in [2.45, 2.75) is 13.1 Å². The minimum atomic E-state index is -4.53. The van der Waals surface area contributed by atoms with Crippen molar-refractivity contribution in [3.8, 4) is 0 Å². The van der Waals surface area contributed by atoms with Gasteiger partial charge in [0, 0.05) is 16.3 Å². The van der Waals surface area contributed by atoms with Gasteiger partial charge in [-0.15, -0.1) is 11.6 Å². The van der Waals surface area contributed by atoms with Crippen LogP contribution < -0.4 is 5.32 Å². The first-order valence-corrected chi connectivity index (χ1v) is 6.32. The molecule has 100 valence electrons. The number of nitrogens with one attached hydrogen (secondary N) is 1. The van der Waals surface area contributed by atoms with Crippen LogP contribution in [-0.4, -0.2) is 11.8 Å². The molecule has 0 saturated carbocycles. The molecule has 0 radical (unpaired) electrons. The van der Waals surface area contributed by atoms with E-state index in [1.807, 2.05) is 0 Å². The van der Waals surface area contributed by atoms with E-state index >= 15 is 0 Å². The summed E-state index contributed by atoms with van der Waals surface area (Å²) in [6, 6.07) is 3.54. The van der Waals surface area contributed by atoms with Gasteiger partial charge in [0.2, 0.25) is 5.91 Å². The number of carbonyl (C=O) groups is 1. The van der Waals surface area contributed by atoms with Crippen LogP contribution in [0.15, 0.2) is 22.7 Å². The number of rotatable bonds is 3. The van der Waals surface area contributed by atoms with Gasteiger partial charge in [-0.3, -0.25) is 4.79 Å². The minimum Gasteiger partial charge on any atom is -0.325 e. The topological polar surface area (TPSA) is 29.1 Å². The van der Waals surface area contributed by atoms with Crippen molar-refractivity contribution < 1.29 is 18.0 Å². The molecule has 18 heavy (non-hydrogen) atoms. The Balaban J connectivity index is 3.06. The lowest BCUT2D eigenvalue weighted by molar-refractivity contribution is -0.137. The Bertz CT molecular complexity index is 450. The van der Waals surface area contributed by atoms with E-state index < -0.39 is 23.6 Å². The molecular formula is C11H10BrClF3NO. The van der Waals surface area contributed by atoms with E-state index in [9.17, 15) is 18.0 Å². The van der Waals surface area contributed by atoms with Crippen molar-refractivity contribution in [2.75, 3.05) is 11.2 Å². The third-order valence-corrected chi connectivity index (χ3v) is 3.18. The van der Waals surface area contributed by atoms with E-state index in [0.717, 1.165) is 6.07 Å². The predicted molar refractivity (Wildman–Crippen MR) is 67.7 cm³/mol. The number of halogens is 5. The van der Waals surface area contributed by atoms with Gasteiger partial charge in [-0.05, 0) is 18.2 Å². The normalized spacial score (nSPS) is 13.2. The van der Waals surface area contributed by atoms with Crippen LogP contribution in [0.4, 0.5) is 18.9 Å². The van der Waals surface area contributed by atoms with Gasteiger partial charge in [-0.25, -0.2) is 0 Å². The molecule has 1 aromatic carbocycles. The second-order valence-electron chi connectivity index (χ2n) is 3.73.